The van der Waals surface area contributed by atoms with Crippen LogP contribution < -0.4 is 11.5 Å². The van der Waals surface area contributed by atoms with Crippen molar-refractivity contribution in [3.8, 4) is 0 Å². The van der Waals surface area contributed by atoms with Gasteiger partial charge in [-0.25, -0.2) is 4.79 Å². The highest BCUT2D eigenvalue weighted by Crippen LogP contribution is 2.26. The maximum absolute atomic E-state index is 11.4. The lowest BCUT2D eigenvalue weighted by molar-refractivity contribution is 0.0698. The fourth-order valence-corrected chi connectivity index (χ4v) is 2.54. The standard InChI is InChI=1S/C15H21N3O2/c16-7-2-4-11-10-18(9-3-8-17)14-12(11)5-1-6-13(14)15(19)20/h1,5-6,10H,2-4,7-9,16-17H2,(H,19,20). The number of para-hydroxylation sites is 1. The van der Waals surface area contributed by atoms with E-state index in [1.807, 2.05) is 16.8 Å². The fraction of sp³-hybridized carbons (Fsp3) is 0.400. The molecule has 0 amide bonds. The third kappa shape index (κ3) is 2.84. The van der Waals surface area contributed by atoms with E-state index in [1.165, 1.54) is 0 Å². The molecule has 0 aliphatic carbocycles. The van der Waals surface area contributed by atoms with E-state index >= 15 is 0 Å². The predicted octanol–water partition coefficient (Wildman–Crippen LogP) is 1.58. The lowest BCUT2D eigenvalue weighted by atomic mass is 10.1. The molecule has 20 heavy (non-hydrogen) atoms. The second kappa shape index (κ2) is 6.54. The molecule has 0 aliphatic rings. The van der Waals surface area contributed by atoms with Crippen molar-refractivity contribution in [3.63, 3.8) is 0 Å². The van der Waals surface area contributed by atoms with Crippen LogP contribution in [0.15, 0.2) is 24.4 Å². The van der Waals surface area contributed by atoms with Crippen molar-refractivity contribution in [1.82, 2.24) is 4.57 Å². The quantitative estimate of drug-likeness (QED) is 0.715. The molecule has 0 fully saturated rings. The van der Waals surface area contributed by atoms with Crippen molar-refractivity contribution < 1.29 is 9.90 Å². The van der Waals surface area contributed by atoms with Gasteiger partial charge in [-0.3, -0.25) is 0 Å². The molecule has 1 heterocycles. The first-order valence-corrected chi connectivity index (χ1v) is 6.93. The highest BCUT2D eigenvalue weighted by molar-refractivity contribution is 6.03. The zero-order chi connectivity index (χ0) is 14.5. The van der Waals surface area contributed by atoms with Crippen LogP contribution in [0.25, 0.3) is 10.9 Å². The van der Waals surface area contributed by atoms with Gasteiger partial charge < -0.3 is 21.1 Å². The van der Waals surface area contributed by atoms with Crippen LogP contribution in [0.1, 0.15) is 28.8 Å². The molecule has 108 valence electrons. The zero-order valence-electron chi connectivity index (χ0n) is 11.5. The number of aryl methyl sites for hydroxylation is 2. The minimum Gasteiger partial charge on any atom is -0.478 e. The van der Waals surface area contributed by atoms with Crippen molar-refractivity contribution in [3.05, 3.63) is 35.5 Å². The van der Waals surface area contributed by atoms with E-state index in [1.54, 1.807) is 12.1 Å². The first-order chi connectivity index (χ1) is 9.69. The van der Waals surface area contributed by atoms with Gasteiger partial charge >= 0.3 is 5.97 Å². The summed E-state index contributed by atoms with van der Waals surface area (Å²) in [4.78, 5) is 11.4. The summed E-state index contributed by atoms with van der Waals surface area (Å²) in [6.07, 6.45) is 4.63. The highest BCUT2D eigenvalue weighted by atomic mass is 16.4. The molecule has 0 unspecified atom stereocenters. The number of carboxylic acid groups (broad SMARTS) is 1. The Morgan fingerprint density at radius 2 is 1.95 bits per heavy atom. The number of hydrogen-bond donors (Lipinski definition) is 3. The van der Waals surface area contributed by atoms with Gasteiger partial charge in [0, 0.05) is 18.1 Å². The number of hydrogen-bond acceptors (Lipinski definition) is 3. The van der Waals surface area contributed by atoms with E-state index in [-0.39, 0.29) is 0 Å². The van der Waals surface area contributed by atoms with Crippen molar-refractivity contribution in [2.24, 2.45) is 11.5 Å². The first-order valence-electron chi connectivity index (χ1n) is 6.93. The molecule has 0 radical (unpaired) electrons. The Labute approximate surface area is 118 Å². The van der Waals surface area contributed by atoms with Crippen LogP contribution in [0.3, 0.4) is 0 Å². The van der Waals surface area contributed by atoms with Gasteiger partial charge in [0.05, 0.1) is 11.1 Å². The van der Waals surface area contributed by atoms with Crippen LogP contribution in [0.5, 0.6) is 0 Å². The summed E-state index contributed by atoms with van der Waals surface area (Å²) in [5.41, 5.74) is 13.4. The lowest BCUT2D eigenvalue weighted by Crippen LogP contribution is -2.07. The molecule has 5 nitrogen and oxygen atoms in total. The Hall–Kier alpha value is -1.85. The number of nitrogens with zero attached hydrogens (tertiary/aromatic N) is 1. The topological polar surface area (TPSA) is 94.3 Å². The van der Waals surface area contributed by atoms with E-state index in [0.29, 0.717) is 18.7 Å². The number of rotatable bonds is 7. The van der Waals surface area contributed by atoms with Crippen molar-refractivity contribution in [1.29, 1.82) is 0 Å². The van der Waals surface area contributed by atoms with Crippen LogP contribution in [0, 0.1) is 0 Å². The largest absolute Gasteiger partial charge is 0.478 e. The van der Waals surface area contributed by atoms with Crippen LogP contribution in [0.4, 0.5) is 0 Å². The minimum absolute atomic E-state index is 0.346. The molecule has 2 rings (SSSR count). The second-order valence-electron chi connectivity index (χ2n) is 4.89. The van der Waals surface area contributed by atoms with E-state index < -0.39 is 5.97 Å². The summed E-state index contributed by atoms with van der Waals surface area (Å²) in [6.45, 7) is 1.96. The maximum atomic E-state index is 11.4. The van der Waals surface area contributed by atoms with Crippen LogP contribution in [-0.4, -0.2) is 28.7 Å². The number of nitrogens with two attached hydrogens (primary N) is 2. The molecule has 1 aromatic heterocycles. The monoisotopic (exact) mass is 275 g/mol. The number of fused-ring (bicyclic) bond motifs is 1. The van der Waals surface area contributed by atoms with Crippen molar-refractivity contribution in [2.45, 2.75) is 25.8 Å². The van der Waals surface area contributed by atoms with Gasteiger partial charge in [0.15, 0.2) is 0 Å². The molecule has 0 saturated carbocycles. The summed E-state index contributed by atoms with van der Waals surface area (Å²) in [7, 11) is 0. The van der Waals surface area contributed by atoms with Gasteiger partial charge in [-0.05, 0) is 44.0 Å². The molecule has 5 N–H and O–H groups in total. The molecule has 0 saturated heterocycles. The Morgan fingerprint density at radius 1 is 1.20 bits per heavy atom. The van der Waals surface area contributed by atoms with E-state index in [0.717, 1.165) is 42.3 Å². The Morgan fingerprint density at radius 3 is 2.60 bits per heavy atom. The van der Waals surface area contributed by atoms with Crippen LogP contribution >= 0.6 is 0 Å². The molecule has 0 bridgehead atoms. The van der Waals surface area contributed by atoms with Gasteiger partial charge in [-0.2, -0.15) is 0 Å². The van der Waals surface area contributed by atoms with Gasteiger partial charge in [-0.15, -0.1) is 0 Å². The molecule has 0 spiro atoms. The minimum atomic E-state index is -0.895. The fourth-order valence-electron chi connectivity index (χ4n) is 2.54. The van der Waals surface area contributed by atoms with Gasteiger partial charge in [-0.1, -0.05) is 12.1 Å². The summed E-state index contributed by atoms with van der Waals surface area (Å²) >= 11 is 0. The number of aromatic carboxylic acids is 1. The summed E-state index contributed by atoms with van der Waals surface area (Å²) in [6, 6.07) is 5.42. The lowest BCUT2D eigenvalue weighted by Gasteiger charge is -2.06. The molecule has 1 aromatic carbocycles. The van der Waals surface area contributed by atoms with Crippen molar-refractivity contribution in [2.75, 3.05) is 13.1 Å². The summed E-state index contributed by atoms with van der Waals surface area (Å²) in [5.74, 6) is -0.895. The number of carbonyl (C=O) groups is 1. The molecular weight excluding hydrogens is 254 g/mol. The average Bonchev–Trinajstić information content (AvgIpc) is 2.80. The third-order valence-electron chi connectivity index (χ3n) is 3.46. The predicted molar refractivity (Wildman–Crippen MR) is 79.9 cm³/mol. The SMILES string of the molecule is NCCCc1cn(CCCN)c2c(C(=O)O)cccc12. The van der Waals surface area contributed by atoms with E-state index in [4.69, 9.17) is 11.5 Å². The molecule has 0 aliphatic heterocycles. The average molecular weight is 275 g/mol. The van der Waals surface area contributed by atoms with E-state index in [9.17, 15) is 9.90 Å². The zero-order valence-corrected chi connectivity index (χ0v) is 11.5. The maximum Gasteiger partial charge on any atom is 0.337 e. The summed E-state index contributed by atoms with van der Waals surface area (Å²) in [5, 5.41) is 10.4. The van der Waals surface area contributed by atoms with Crippen molar-refractivity contribution >= 4 is 16.9 Å². The smallest absolute Gasteiger partial charge is 0.337 e. The third-order valence-corrected chi connectivity index (χ3v) is 3.46. The molecule has 5 heteroatoms. The Bertz CT molecular complexity index is 604. The number of carboxylic acids is 1. The normalized spacial score (nSPS) is 11.1. The Balaban J connectivity index is 2.54. The highest BCUT2D eigenvalue weighted by Gasteiger charge is 2.15. The van der Waals surface area contributed by atoms with Gasteiger partial charge in [0.2, 0.25) is 0 Å². The molecule has 0 atom stereocenters. The van der Waals surface area contributed by atoms with Crippen LogP contribution in [-0.2, 0) is 13.0 Å². The van der Waals surface area contributed by atoms with Gasteiger partial charge in [0.25, 0.3) is 0 Å². The number of benzene rings is 1. The first kappa shape index (κ1) is 14.6. The molecule has 2 aromatic rings. The molecular formula is C15H21N3O2. The van der Waals surface area contributed by atoms with E-state index in [2.05, 4.69) is 0 Å². The Kier molecular flexibility index (Phi) is 4.76. The number of aromatic nitrogens is 1. The summed E-state index contributed by atoms with van der Waals surface area (Å²) < 4.78 is 2.01. The van der Waals surface area contributed by atoms with Crippen LogP contribution in [0.2, 0.25) is 0 Å². The second-order valence-corrected chi connectivity index (χ2v) is 4.89. The van der Waals surface area contributed by atoms with Gasteiger partial charge in [0.1, 0.15) is 0 Å².